The summed E-state index contributed by atoms with van der Waals surface area (Å²) < 4.78 is 11.0. The van der Waals surface area contributed by atoms with Gasteiger partial charge in [0.15, 0.2) is 6.29 Å². The van der Waals surface area contributed by atoms with Gasteiger partial charge >= 0.3 is 0 Å². The Labute approximate surface area is 103 Å². The van der Waals surface area contributed by atoms with Crippen LogP contribution in [0.4, 0.5) is 0 Å². The molecule has 2 nitrogen and oxygen atoms in total. The second-order valence-electron chi connectivity index (χ2n) is 3.24. The van der Waals surface area contributed by atoms with E-state index in [9.17, 15) is 0 Å². The van der Waals surface area contributed by atoms with E-state index in [2.05, 4.69) is 0 Å². The van der Waals surface area contributed by atoms with Crippen molar-refractivity contribution in [2.24, 2.45) is 0 Å². The van der Waals surface area contributed by atoms with Gasteiger partial charge in [-0.2, -0.15) is 0 Å². The minimum absolute atomic E-state index is 0.0663. The normalized spacial score (nSPS) is 25.8. The molecule has 0 amide bonds. The van der Waals surface area contributed by atoms with Crippen LogP contribution in [-0.4, -0.2) is 18.6 Å². The van der Waals surface area contributed by atoms with E-state index in [0.717, 1.165) is 5.56 Å². The molecule has 2 unspecified atom stereocenters. The van der Waals surface area contributed by atoms with Crippen LogP contribution in [0, 0.1) is 0 Å². The Morgan fingerprint density at radius 2 is 2.13 bits per heavy atom. The zero-order valence-corrected chi connectivity index (χ0v) is 10.0. The molecule has 1 aromatic carbocycles. The number of ether oxygens (including phenoxy) is 2. The van der Waals surface area contributed by atoms with Crippen molar-refractivity contribution < 1.29 is 9.47 Å². The van der Waals surface area contributed by atoms with Crippen LogP contribution >= 0.6 is 34.8 Å². The molecule has 0 radical (unpaired) electrons. The van der Waals surface area contributed by atoms with Crippen molar-refractivity contribution in [1.82, 2.24) is 0 Å². The van der Waals surface area contributed by atoms with Gasteiger partial charge in [-0.25, -0.2) is 0 Å². The molecule has 0 bridgehead atoms. The highest BCUT2D eigenvalue weighted by molar-refractivity contribution is 6.35. The fourth-order valence-corrected chi connectivity index (χ4v) is 2.04. The lowest BCUT2D eigenvalue weighted by atomic mass is 10.2. The van der Waals surface area contributed by atoms with Crippen LogP contribution in [0.2, 0.25) is 10.0 Å². The van der Waals surface area contributed by atoms with E-state index in [1.807, 2.05) is 0 Å². The van der Waals surface area contributed by atoms with Gasteiger partial charge < -0.3 is 9.47 Å². The minimum atomic E-state index is -0.432. The lowest BCUT2D eigenvalue weighted by Gasteiger charge is -2.12. The average molecular weight is 268 g/mol. The second kappa shape index (κ2) is 4.89. The van der Waals surface area contributed by atoms with Gasteiger partial charge in [-0.3, -0.25) is 0 Å². The van der Waals surface area contributed by atoms with Crippen LogP contribution in [0.15, 0.2) is 18.2 Å². The van der Waals surface area contributed by atoms with E-state index < -0.39 is 6.29 Å². The smallest absolute Gasteiger partial charge is 0.185 e. The summed E-state index contributed by atoms with van der Waals surface area (Å²) in [4.78, 5) is 0. The summed E-state index contributed by atoms with van der Waals surface area (Å²) in [5, 5.41) is 1.14. The van der Waals surface area contributed by atoms with Crippen molar-refractivity contribution in [1.29, 1.82) is 0 Å². The summed E-state index contributed by atoms with van der Waals surface area (Å²) in [7, 11) is 0. The molecular weight excluding hydrogens is 258 g/mol. The molecule has 1 saturated heterocycles. The van der Waals surface area contributed by atoms with Crippen LogP contribution in [0.1, 0.15) is 11.9 Å². The largest absolute Gasteiger partial charge is 0.346 e. The molecule has 1 aromatic rings. The first-order chi connectivity index (χ1) is 7.20. The summed E-state index contributed by atoms with van der Waals surface area (Å²) in [6.45, 7) is 0.493. The van der Waals surface area contributed by atoms with Gasteiger partial charge in [0.1, 0.15) is 0 Å². The van der Waals surface area contributed by atoms with Crippen molar-refractivity contribution in [3.63, 3.8) is 0 Å². The first kappa shape index (κ1) is 11.5. The number of halogens is 3. The standard InChI is InChI=1S/C10H9Cl3O2/c11-4-7-5-14-10(15-7)8-2-1-6(12)3-9(8)13/h1-3,7,10H,4-5H2. The van der Waals surface area contributed by atoms with Crippen molar-refractivity contribution in [2.45, 2.75) is 12.4 Å². The van der Waals surface area contributed by atoms with E-state index in [1.165, 1.54) is 0 Å². The molecule has 1 fully saturated rings. The van der Waals surface area contributed by atoms with E-state index in [-0.39, 0.29) is 6.10 Å². The Balaban J connectivity index is 2.17. The fourth-order valence-electron chi connectivity index (χ4n) is 1.38. The zero-order chi connectivity index (χ0) is 10.8. The summed E-state index contributed by atoms with van der Waals surface area (Å²) in [6, 6.07) is 5.22. The SMILES string of the molecule is ClCC1COC(c2ccc(Cl)cc2Cl)O1. The summed E-state index contributed by atoms with van der Waals surface area (Å²) in [5.41, 5.74) is 0.786. The third kappa shape index (κ3) is 2.58. The zero-order valence-electron chi connectivity index (χ0n) is 7.75. The number of alkyl halides is 1. The van der Waals surface area contributed by atoms with Crippen molar-refractivity contribution in [3.05, 3.63) is 33.8 Å². The molecule has 1 aliphatic rings. The van der Waals surface area contributed by atoms with Gasteiger partial charge in [-0.1, -0.05) is 29.3 Å². The van der Waals surface area contributed by atoms with Gasteiger partial charge in [0.25, 0.3) is 0 Å². The molecule has 5 heteroatoms. The number of hydrogen-bond acceptors (Lipinski definition) is 2. The van der Waals surface area contributed by atoms with Gasteiger partial charge in [-0.05, 0) is 12.1 Å². The Morgan fingerprint density at radius 3 is 2.73 bits per heavy atom. The quantitative estimate of drug-likeness (QED) is 0.762. The van der Waals surface area contributed by atoms with Crippen LogP contribution in [0.25, 0.3) is 0 Å². The fraction of sp³-hybridized carbons (Fsp3) is 0.400. The lowest BCUT2D eigenvalue weighted by Crippen LogP contribution is -2.10. The molecule has 1 heterocycles. The molecular formula is C10H9Cl3O2. The van der Waals surface area contributed by atoms with E-state index in [4.69, 9.17) is 44.3 Å². The van der Waals surface area contributed by atoms with Crippen LogP contribution in [-0.2, 0) is 9.47 Å². The highest BCUT2D eigenvalue weighted by Gasteiger charge is 2.28. The number of benzene rings is 1. The van der Waals surface area contributed by atoms with Gasteiger partial charge in [0.05, 0.1) is 23.6 Å². The van der Waals surface area contributed by atoms with Crippen molar-refractivity contribution >= 4 is 34.8 Å². The summed E-state index contributed by atoms with van der Waals surface area (Å²) >= 11 is 17.5. The Hall–Kier alpha value is 0.01000. The van der Waals surface area contributed by atoms with Gasteiger partial charge in [0.2, 0.25) is 0 Å². The first-order valence-electron chi connectivity index (χ1n) is 4.48. The molecule has 82 valence electrons. The summed E-state index contributed by atoms with van der Waals surface area (Å²) in [5.74, 6) is 0.418. The maximum absolute atomic E-state index is 6.02. The molecule has 15 heavy (non-hydrogen) atoms. The van der Waals surface area contributed by atoms with Crippen LogP contribution in [0.3, 0.4) is 0 Å². The highest BCUT2D eigenvalue weighted by Crippen LogP contribution is 2.33. The number of hydrogen-bond donors (Lipinski definition) is 0. The molecule has 1 aliphatic heterocycles. The molecule has 0 aliphatic carbocycles. The Morgan fingerprint density at radius 1 is 1.33 bits per heavy atom. The van der Waals surface area contributed by atoms with Gasteiger partial charge in [-0.15, -0.1) is 11.6 Å². The lowest BCUT2D eigenvalue weighted by molar-refractivity contribution is -0.0566. The monoisotopic (exact) mass is 266 g/mol. The predicted molar refractivity (Wildman–Crippen MR) is 60.7 cm³/mol. The summed E-state index contributed by atoms with van der Waals surface area (Å²) in [6.07, 6.45) is -0.498. The topological polar surface area (TPSA) is 18.5 Å². The molecule has 0 saturated carbocycles. The minimum Gasteiger partial charge on any atom is -0.346 e. The highest BCUT2D eigenvalue weighted by atomic mass is 35.5. The molecule has 0 aromatic heterocycles. The van der Waals surface area contributed by atoms with Crippen molar-refractivity contribution in [2.75, 3.05) is 12.5 Å². The molecule has 0 spiro atoms. The van der Waals surface area contributed by atoms with E-state index >= 15 is 0 Å². The third-order valence-electron chi connectivity index (χ3n) is 2.14. The molecule has 2 rings (SSSR count). The maximum atomic E-state index is 6.02. The van der Waals surface area contributed by atoms with Crippen molar-refractivity contribution in [3.8, 4) is 0 Å². The molecule has 2 atom stereocenters. The van der Waals surface area contributed by atoms with E-state index in [0.29, 0.717) is 22.5 Å². The van der Waals surface area contributed by atoms with Gasteiger partial charge in [0, 0.05) is 10.6 Å². The van der Waals surface area contributed by atoms with Crippen LogP contribution < -0.4 is 0 Å². The van der Waals surface area contributed by atoms with E-state index in [1.54, 1.807) is 18.2 Å². The maximum Gasteiger partial charge on any atom is 0.185 e. The average Bonchev–Trinajstić information content (AvgIpc) is 2.66. The molecule has 0 N–H and O–H groups in total. The third-order valence-corrected chi connectivity index (χ3v) is 3.04. The first-order valence-corrected chi connectivity index (χ1v) is 5.77. The number of rotatable bonds is 2. The second-order valence-corrected chi connectivity index (χ2v) is 4.40. The van der Waals surface area contributed by atoms with Crippen LogP contribution in [0.5, 0.6) is 0 Å². The Bertz CT molecular complexity index is 357. The Kier molecular flexibility index (Phi) is 3.75. The predicted octanol–water partition coefficient (Wildman–Crippen LogP) is 3.65.